The van der Waals surface area contributed by atoms with Gasteiger partial charge in [-0.15, -0.1) is 0 Å². The Balaban J connectivity index is 2.10. The molecule has 0 bridgehead atoms. The fraction of sp³-hybridized carbons (Fsp3) is 0.263. The second-order valence-electron chi connectivity index (χ2n) is 6.15. The van der Waals surface area contributed by atoms with Crippen molar-refractivity contribution in [3.63, 3.8) is 0 Å². The number of fused-ring (bicyclic) bond motifs is 6. The Hall–Kier alpha value is -2.02. The van der Waals surface area contributed by atoms with Crippen molar-refractivity contribution in [3.05, 3.63) is 52.4 Å². The fourth-order valence-electron chi connectivity index (χ4n) is 4.12. The van der Waals surface area contributed by atoms with Gasteiger partial charge in [-0.1, -0.05) is 24.3 Å². The lowest BCUT2D eigenvalue weighted by Crippen LogP contribution is -2.02. The molecule has 1 heteroatoms. The van der Waals surface area contributed by atoms with Gasteiger partial charge in [0.25, 0.3) is 0 Å². The lowest BCUT2D eigenvalue weighted by atomic mass is 9.96. The van der Waals surface area contributed by atoms with Crippen LogP contribution in [-0.4, -0.2) is 4.40 Å². The summed E-state index contributed by atoms with van der Waals surface area (Å²) >= 11 is 0. The van der Waals surface area contributed by atoms with Crippen LogP contribution in [-0.2, 0) is 12.8 Å². The molecular formula is C19H17N. The molecule has 0 amide bonds. The van der Waals surface area contributed by atoms with Crippen molar-refractivity contribution in [1.82, 2.24) is 4.40 Å². The number of benzene rings is 1. The van der Waals surface area contributed by atoms with Crippen LogP contribution in [0, 0.1) is 6.92 Å². The van der Waals surface area contributed by atoms with E-state index < -0.39 is 0 Å². The summed E-state index contributed by atoms with van der Waals surface area (Å²) in [7, 11) is 0. The molecule has 0 N–H and O–H groups in total. The topological polar surface area (TPSA) is 4.41 Å². The van der Waals surface area contributed by atoms with E-state index in [1.54, 1.807) is 0 Å². The minimum Gasteiger partial charge on any atom is -0.315 e. The first-order chi connectivity index (χ1) is 9.84. The predicted molar refractivity (Wildman–Crippen MR) is 85.5 cm³/mol. The molecule has 0 unspecified atom stereocenters. The molecule has 2 aromatic heterocycles. The molecule has 20 heavy (non-hydrogen) atoms. The molecule has 1 aromatic carbocycles. The van der Waals surface area contributed by atoms with Gasteiger partial charge >= 0.3 is 0 Å². The summed E-state index contributed by atoms with van der Waals surface area (Å²) in [6.07, 6.45) is 14.0. The van der Waals surface area contributed by atoms with Crippen LogP contribution >= 0.6 is 0 Å². The smallest absolute Gasteiger partial charge is 0.0613 e. The van der Waals surface area contributed by atoms with Crippen LogP contribution in [0.1, 0.15) is 40.9 Å². The van der Waals surface area contributed by atoms with E-state index in [1.807, 2.05) is 0 Å². The Bertz CT molecular complexity index is 836. The van der Waals surface area contributed by atoms with Gasteiger partial charge in [0, 0.05) is 33.3 Å². The Kier molecular flexibility index (Phi) is 1.90. The number of allylic oxidation sites excluding steroid dienone is 2. The van der Waals surface area contributed by atoms with Crippen LogP contribution in [0.15, 0.2) is 24.3 Å². The van der Waals surface area contributed by atoms with Gasteiger partial charge in [0.15, 0.2) is 0 Å². The van der Waals surface area contributed by atoms with Crippen molar-refractivity contribution in [1.29, 1.82) is 0 Å². The summed E-state index contributed by atoms with van der Waals surface area (Å²) in [5, 5.41) is 2.91. The van der Waals surface area contributed by atoms with Crippen molar-refractivity contribution in [2.45, 2.75) is 32.6 Å². The molecule has 1 nitrogen and oxygen atoms in total. The third-order valence-corrected chi connectivity index (χ3v) is 4.88. The number of hydrogen-bond acceptors (Lipinski definition) is 0. The zero-order chi connectivity index (χ0) is 13.3. The molecule has 0 radical (unpaired) electrons. The monoisotopic (exact) mass is 259 g/mol. The predicted octanol–water partition coefficient (Wildman–Crippen LogP) is 4.76. The average Bonchev–Trinajstić information content (AvgIpc) is 2.98. The zero-order valence-corrected chi connectivity index (χ0v) is 11.7. The first kappa shape index (κ1) is 10.7. The van der Waals surface area contributed by atoms with E-state index in [0.717, 1.165) is 0 Å². The molecule has 5 rings (SSSR count). The van der Waals surface area contributed by atoms with Gasteiger partial charge in [-0.3, -0.25) is 0 Å². The second kappa shape index (κ2) is 3.54. The Morgan fingerprint density at radius 3 is 1.95 bits per heavy atom. The maximum atomic E-state index is 2.59. The molecule has 0 saturated heterocycles. The highest BCUT2D eigenvalue weighted by Gasteiger charge is 2.24. The summed E-state index contributed by atoms with van der Waals surface area (Å²) in [4.78, 5) is 0. The third kappa shape index (κ3) is 1.14. The average molecular weight is 259 g/mol. The van der Waals surface area contributed by atoms with Gasteiger partial charge in [0.05, 0.1) is 5.52 Å². The van der Waals surface area contributed by atoms with Crippen LogP contribution in [0.2, 0.25) is 0 Å². The first-order valence-electron chi connectivity index (χ1n) is 7.59. The van der Waals surface area contributed by atoms with Crippen molar-refractivity contribution in [2.75, 3.05) is 0 Å². The Morgan fingerprint density at radius 2 is 1.40 bits per heavy atom. The lowest BCUT2D eigenvalue weighted by Gasteiger charge is -2.12. The van der Waals surface area contributed by atoms with E-state index in [9.17, 15) is 0 Å². The number of aryl methyl sites for hydroxylation is 3. The lowest BCUT2D eigenvalue weighted by molar-refractivity contribution is 0.847. The van der Waals surface area contributed by atoms with Gasteiger partial charge in [-0.25, -0.2) is 0 Å². The van der Waals surface area contributed by atoms with Crippen LogP contribution in [0.4, 0.5) is 0 Å². The van der Waals surface area contributed by atoms with Crippen molar-refractivity contribution < 1.29 is 0 Å². The van der Waals surface area contributed by atoms with Crippen LogP contribution in [0.3, 0.4) is 0 Å². The molecular weight excluding hydrogens is 242 g/mol. The molecule has 0 atom stereocenters. The molecule has 2 aliphatic rings. The molecule has 0 aliphatic heterocycles. The van der Waals surface area contributed by atoms with Crippen LogP contribution in [0.25, 0.3) is 28.4 Å². The molecule has 0 spiro atoms. The summed E-state index contributed by atoms with van der Waals surface area (Å²) in [5.74, 6) is 0. The van der Waals surface area contributed by atoms with Gasteiger partial charge < -0.3 is 4.40 Å². The highest BCUT2D eigenvalue weighted by Crippen LogP contribution is 2.41. The minimum atomic E-state index is 1.18. The van der Waals surface area contributed by atoms with E-state index in [4.69, 9.17) is 0 Å². The molecule has 98 valence electrons. The summed E-state index contributed by atoms with van der Waals surface area (Å²) in [6, 6.07) is 4.73. The summed E-state index contributed by atoms with van der Waals surface area (Å²) in [6.45, 7) is 2.22. The third-order valence-electron chi connectivity index (χ3n) is 4.88. The van der Waals surface area contributed by atoms with Gasteiger partial charge in [-0.2, -0.15) is 0 Å². The molecule has 2 aliphatic carbocycles. The van der Waals surface area contributed by atoms with Gasteiger partial charge in [0.1, 0.15) is 0 Å². The first-order valence-corrected chi connectivity index (χ1v) is 7.59. The van der Waals surface area contributed by atoms with Crippen LogP contribution < -0.4 is 0 Å². The van der Waals surface area contributed by atoms with E-state index in [0.29, 0.717) is 0 Å². The second-order valence-corrected chi connectivity index (χ2v) is 6.15. The number of aromatic nitrogens is 1. The number of nitrogens with zero attached hydrogens (tertiary/aromatic N) is 1. The maximum Gasteiger partial charge on any atom is 0.0613 e. The van der Waals surface area contributed by atoms with Crippen molar-refractivity contribution in [3.8, 4) is 0 Å². The quantitative estimate of drug-likeness (QED) is 0.548. The normalized spacial score (nSPS) is 17.1. The van der Waals surface area contributed by atoms with E-state index in [-0.39, 0.29) is 0 Å². The molecule has 3 aromatic rings. The number of hydrogen-bond donors (Lipinski definition) is 0. The molecule has 2 heterocycles. The highest BCUT2D eigenvalue weighted by atomic mass is 14.9. The SMILES string of the molecule is Cc1cc2c3c(n4c5c(c(c1)c24)C=CCC5)CCC=C3. The molecule has 0 fully saturated rings. The summed E-state index contributed by atoms with van der Waals surface area (Å²) < 4.78 is 2.59. The van der Waals surface area contributed by atoms with E-state index in [2.05, 4.69) is 47.8 Å². The van der Waals surface area contributed by atoms with E-state index >= 15 is 0 Å². The van der Waals surface area contributed by atoms with Crippen molar-refractivity contribution in [2.24, 2.45) is 0 Å². The Labute approximate surface area is 118 Å². The number of rotatable bonds is 0. The zero-order valence-electron chi connectivity index (χ0n) is 11.7. The van der Waals surface area contributed by atoms with Gasteiger partial charge in [-0.05, 0) is 50.3 Å². The summed E-state index contributed by atoms with van der Waals surface area (Å²) in [5.41, 5.74) is 8.85. The molecule has 0 saturated carbocycles. The van der Waals surface area contributed by atoms with Crippen LogP contribution in [0.5, 0.6) is 0 Å². The van der Waals surface area contributed by atoms with Crippen molar-refractivity contribution >= 4 is 28.4 Å². The fourth-order valence-corrected chi connectivity index (χ4v) is 4.12. The standard InChI is InChI=1S/C19H17N/c1-12-10-15-13-6-2-4-8-17(13)20-18-9-5-3-7-14(18)16(11-12)19(15)20/h2-3,6-7,10-11H,4-5,8-9H2,1H3. The largest absolute Gasteiger partial charge is 0.315 e. The minimum absolute atomic E-state index is 1.18. The Morgan fingerprint density at radius 1 is 0.850 bits per heavy atom. The highest BCUT2D eigenvalue weighted by molar-refractivity contribution is 6.07. The van der Waals surface area contributed by atoms with E-state index in [1.165, 1.54) is 70.1 Å². The maximum absolute atomic E-state index is 2.59. The van der Waals surface area contributed by atoms with Gasteiger partial charge in [0.2, 0.25) is 0 Å².